The van der Waals surface area contributed by atoms with E-state index in [1.54, 1.807) is 24.5 Å². The summed E-state index contributed by atoms with van der Waals surface area (Å²) >= 11 is 0. The first-order chi connectivity index (χ1) is 14.2. The average Bonchev–Trinajstić information content (AvgIpc) is 2.77. The van der Waals surface area contributed by atoms with Crippen molar-refractivity contribution >= 4 is 11.5 Å². The first-order valence-electron chi connectivity index (χ1n) is 9.82. The van der Waals surface area contributed by atoms with Gasteiger partial charge >= 0.3 is 0 Å². The average molecular weight is 385 g/mol. The maximum Gasteiger partial charge on any atom is 0.148 e. The van der Waals surface area contributed by atoms with E-state index in [2.05, 4.69) is 43.1 Å². The minimum absolute atomic E-state index is 0.253. The van der Waals surface area contributed by atoms with Crippen molar-refractivity contribution in [2.75, 3.05) is 11.9 Å². The first-order valence-corrected chi connectivity index (χ1v) is 9.82. The Morgan fingerprint density at radius 1 is 1.10 bits per heavy atom. The third kappa shape index (κ3) is 4.55. The molecule has 0 saturated carbocycles. The topological polar surface area (TPSA) is 90.6 Å². The highest BCUT2D eigenvalue weighted by atomic mass is 15.2. The summed E-state index contributed by atoms with van der Waals surface area (Å²) in [6.07, 6.45) is 10.6. The van der Waals surface area contributed by atoms with Gasteiger partial charge < -0.3 is 5.32 Å². The standard InChI is InChI=1S/C22H23N7/c1-16-5-4-9-24-20(16)15-29-10-3-2-6-21(29)19-13-27-22(14-26-19)28-18-8-7-17(11-23)25-12-18/h4-5,7-9,12-14,21H,2-3,6,10,15H2,1H3,(H,27,28)/t21-/m0/s1. The fourth-order valence-corrected chi connectivity index (χ4v) is 3.65. The van der Waals surface area contributed by atoms with Crippen LogP contribution in [-0.2, 0) is 6.54 Å². The van der Waals surface area contributed by atoms with Crippen LogP contribution in [0.2, 0.25) is 0 Å². The number of hydrogen-bond acceptors (Lipinski definition) is 7. The van der Waals surface area contributed by atoms with Gasteiger partial charge in [-0.15, -0.1) is 0 Å². The van der Waals surface area contributed by atoms with Crippen molar-refractivity contribution in [3.05, 3.63) is 71.7 Å². The molecule has 1 fully saturated rings. The van der Waals surface area contributed by atoms with E-state index in [0.29, 0.717) is 11.5 Å². The highest BCUT2D eigenvalue weighted by Gasteiger charge is 2.26. The molecule has 0 unspecified atom stereocenters. The number of pyridine rings is 2. The molecule has 1 N–H and O–H groups in total. The van der Waals surface area contributed by atoms with E-state index in [0.717, 1.165) is 36.6 Å². The minimum atomic E-state index is 0.253. The van der Waals surface area contributed by atoms with Crippen LogP contribution in [0.4, 0.5) is 11.5 Å². The van der Waals surface area contributed by atoms with Crippen LogP contribution in [0.1, 0.15) is 47.9 Å². The van der Waals surface area contributed by atoms with Gasteiger partial charge in [-0.3, -0.25) is 14.9 Å². The van der Waals surface area contributed by atoms with Crippen LogP contribution in [0.3, 0.4) is 0 Å². The number of piperidine rings is 1. The highest BCUT2D eigenvalue weighted by molar-refractivity contribution is 5.54. The molecule has 1 aliphatic heterocycles. The minimum Gasteiger partial charge on any atom is -0.338 e. The van der Waals surface area contributed by atoms with Gasteiger partial charge in [0.25, 0.3) is 0 Å². The van der Waals surface area contributed by atoms with Crippen LogP contribution in [0.25, 0.3) is 0 Å². The maximum absolute atomic E-state index is 8.84. The lowest BCUT2D eigenvalue weighted by molar-refractivity contribution is 0.135. The molecule has 0 aliphatic carbocycles. The molecule has 0 spiro atoms. The lowest BCUT2D eigenvalue weighted by Gasteiger charge is -2.35. The molecule has 0 aromatic carbocycles. The van der Waals surface area contributed by atoms with Gasteiger partial charge in [-0.1, -0.05) is 12.5 Å². The molecular weight excluding hydrogens is 362 g/mol. The number of nitrogens with one attached hydrogen (secondary N) is 1. The van der Waals surface area contributed by atoms with Crippen LogP contribution in [0.15, 0.2) is 49.1 Å². The van der Waals surface area contributed by atoms with Gasteiger partial charge in [0.05, 0.1) is 41.7 Å². The summed E-state index contributed by atoms with van der Waals surface area (Å²) in [4.78, 5) is 20.3. The van der Waals surface area contributed by atoms with Gasteiger partial charge in [-0.25, -0.2) is 9.97 Å². The van der Waals surface area contributed by atoms with E-state index >= 15 is 0 Å². The number of aryl methyl sites for hydroxylation is 1. The van der Waals surface area contributed by atoms with Gasteiger partial charge in [0, 0.05) is 12.7 Å². The molecule has 1 aliphatic rings. The zero-order valence-corrected chi connectivity index (χ0v) is 16.4. The van der Waals surface area contributed by atoms with Gasteiger partial charge in [-0.05, 0) is 50.1 Å². The Morgan fingerprint density at radius 2 is 2.03 bits per heavy atom. The van der Waals surface area contributed by atoms with Crippen molar-refractivity contribution in [1.82, 2.24) is 24.8 Å². The van der Waals surface area contributed by atoms with Gasteiger partial charge in [0.2, 0.25) is 0 Å². The molecule has 3 aromatic rings. The molecular formula is C22H23N7. The Labute approximate surface area is 170 Å². The van der Waals surface area contributed by atoms with Crippen molar-refractivity contribution < 1.29 is 0 Å². The van der Waals surface area contributed by atoms with Crippen LogP contribution < -0.4 is 5.32 Å². The molecule has 3 aromatic heterocycles. The third-order valence-corrected chi connectivity index (χ3v) is 5.25. The molecule has 29 heavy (non-hydrogen) atoms. The van der Waals surface area contributed by atoms with E-state index in [-0.39, 0.29) is 6.04 Å². The Kier molecular flexibility index (Phi) is 5.73. The second-order valence-electron chi connectivity index (χ2n) is 7.24. The number of hydrogen-bond donors (Lipinski definition) is 1. The van der Waals surface area contributed by atoms with Crippen LogP contribution in [0, 0.1) is 18.3 Å². The molecule has 0 amide bonds. The Bertz CT molecular complexity index is 993. The molecule has 146 valence electrons. The third-order valence-electron chi connectivity index (χ3n) is 5.25. The zero-order chi connectivity index (χ0) is 20.1. The lowest BCUT2D eigenvalue weighted by Crippen LogP contribution is -2.34. The number of nitrogens with zero attached hydrogens (tertiary/aromatic N) is 6. The second kappa shape index (κ2) is 8.76. The van der Waals surface area contributed by atoms with Crippen LogP contribution in [-0.4, -0.2) is 31.4 Å². The SMILES string of the molecule is Cc1cccnc1CN1CCCC[C@H]1c1cnc(Nc2ccc(C#N)nc2)cn1. The normalized spacial score (nSPS) is 16.9. The monoisotopic (exact) mass is 385 g/mol. The number of rotatable bonds is 5. The summed E-state index contributed by atoms with van der Waals surface area (Å²) in [5.74, 6) is 0.656. The molecule has 7 heteroatoms. The van der Waals surface area contributed by atoms with Gasteiger partial charge in [0.15, 0.2) is 0 Å². The molecule has 4 rings (SSSR count). The van der Waals surface area contributed by atoms with Crippen molar-refractivity contribution in [3.8, 4) is 6.07 Å². The van der Waals surface area contributed by atoms with E-state index in [9.17, 15) is 0 Å². The molecule has 0 bridgehead atoms. The maximum atomic E-state index is 8.84. The van der Waals surface area contributed by atoms with E-state index in [1.807, 2.05) is 24.5 Å². The van der Waals surface area contributed by atoms with Crippen molar-refractivity contribution in [1.29, 1.82) is 5.26 Å². The summed E-state index contributed by atoms with van der Waals surface area (Å²) in [5, 5.41) is 12.0. The van der Waals surface area contributed by atoms with Crippen molar-refractivity contribution in [3.63, 3.8) is 0 Å². The smallest absolute Gasteiger partial charge is 0.148 e. The lowest BCUT2D eigenvalue weighted by atomic mass is 9.99. The number of anilines is 2. The quantitative estimate of drug-likeness (QED) is 0.712. The number of aromatic nitrogens is 4. The van der Waals surface area contributed by atoms with Crippen molar-refractivity contribution in [2.24, 2.45) is 0 Å². The summed E-state index contributed by atoms with van der Waals surface area (Å²) in [7, 11) is 0. The van der Waals surface area contributed by atoms with E-state index in [4.69, 9.17) is 5.26 Å². The van der Waals surface area contributed by atoms with Crippen LogP contribution in [0.5, 0.6) is 0 Å². The first kappa shape index (κ1) is 19.0. The Morgan fingerprint density at radius 3 is 2.76 bits per heavy atom. The summed E-state index contributed by atoms with van der Waals surface area (Å²) in [5.41, 5.74) is 4.49. The molecule has 0 radical (unpaired) electrons. The highest BCUT2D eigenvalue weighted by Crippen LogP contribution is 2.31. The van der Waals surface area contributed by atoms with Crippen LogP contribution >= 0.6 is 0 Å². The molecule has 1 saturated heterocycles. The molecule has 4 heterocycles. The summed E-state index contributed by atoms with van der Waals surface area (Å²) in [6.45, 7) is 3.98. The van der Waals surface area contributed by atoms with E-state index in [1.165, 1.54) is 18.4 Å². The number of likely N-dealkylation sites (tertiary alicyclic amines) is 1. The van der Waals surface area contributed by atoms with Gasteiger partial charge in [-0.2, -0.15) is 5.26 Å². The summed E-state index contributed by atoms with van der Waals surface area (Å²) < 4.78 is 0. The van der Waals surface area contributed by atoms with E-state index < -0.39 is 0 Å². The summed E-state index contributed by atoms with van der Waals surface area (Å²) in [6, 6.07) is 9.83. The molecule has 1 atom stereocenters. The fourth-order valence-electron chi connectivity index (χ4n) is 3.65. The Balaban J connectivity index is 1.47. The van der Waals surface area contributed by atoms with Gasteiger partial charge in [0.1, 0.15) is 17.6 Å². The zero-order valence-electron chi connectivity index (χ0n) is 16.4. The Hall–Kier alpha value is -3.37. The predicted molar refractivity (Wildman–Crippen MR) is 110 cm³/mol. The van der Waals surface area contributed by atoms with Crippen molar-refractivity contribution in [2.45, 2.75) is 38.8 Å². The largest absolute Gasteiger partial charge is 0.338 e. The number of nitriles is 1. The molecule has 7 nitrogen and oxygen atoms in total. The fraction of sp³-hybridized carbons (Fsp3) is 0.318. The predicted octanol–water partition coefficient (Wildman–Crippen LogP) is 3.92. The second-order valence-corrected chi connectivity index (χ2v) is 7.24.